The fourth-order valence-corrected chi connectivity index (χ4v) is 2.62. The van der Waals surface area contributed by atoms with E-state index in [0.717, 1.165) is 3.57 Å². The standard InChI is InChI=1S/C12H15IO2S/c1-12(2,3)16(15)8-11(14)9-6-4-5-7-10(9)13/h4-7H,8H2,1-3H3. The number of ketones is 1. The minimum Gasteiger partial charge on any atom is -0.293 e. The SMILES string of the molecule is CC(C)(C)S(=O)CC(=O)c1ccccc1I. The van der Waals surface area contributed by atoms with Crippen LogP contribution in [0.2, 0.25) is 0 Å². The van der Waals surface area contributed by atoms with Crippen molar-refractivity contribution in [3.8, 4) is 0 Å². The van der Waals surface area contributed by atoms with Crippen LogP contribution in [0.3, 0.4) is 0 Å². The lowest BCUT2D eigenvalue weighted by atomic mass is 10.1. The van der Waals surface area contributed by atoms with Gasteiger partial charge in [-0.05, 0) is 49.4 Å². The normalized spacial score (nSPS) is 13.5. The van der Waals surface area contributed by atoms with E-state index in [-0.39, 0.29) is 16.3 Å². The van der Waals surface area contributed by atoms with E-state index >= 15 is 0 Å². The van der Waals surface area contributed by atoms with Gasteiger partial charge in [-0.25, -0.2) is 0 Å². The zero-order valence-electron chi connectivity index (χ0n) is 9.62. The average molecular weight is 350 g/mol. The van der Waals surface area contributed by atoms with Gasteiger partial charge in [-0.2, -0.15) is 0 Å². The fraction of sp³-hybridized carbons (Fsp3) is 0.417. The third-order valence-corrected chi connectivity index (χ3v) is 4.95. The molecule has 0 aliphatic heterocycles. The molecule has 88 valence electrons. The van der Waals surface area contributed by atoms with Crippen LogP contribution < -0.4 is 0 Å². The topological polar surface area (TPSA) is 34.1 Å². The highest BCUT2D eigenvalue weighted by Crippen LogP contribution is 2.16. The van der Waals surface area contributed by atoms with Crippen LogP contribution in [0.4, 0.5) is 0 Å². The van der Waals surface area contributed by atoms with Gasteiger partial charge < -0.3 is 0 Å². The first-order valence-electron chi connectivity index (χ1n) is 4.98. The lowest BCUT2D eigenvalue weighted by molar-refractivity contribution is 0.102. The molecule has 0 heterocycles. The minimum atomic E-state index is -1.13. The summed E-state index contributed by atoms with van der Waals surface area (Å²) in [5, 5.41) is 0. The number of rotatable bonds is 3. The van der Waals surface area contributed by atoms with E-state index < -0.39 is 10.8 Å². The first-order chi connectivity index (χ1) is 7.32. The fourth-order valence-electron chi connectivity index (χ4n) is 1.10. The number of carbonyl (C=O) groups excluding carboxylic acids is 1. The maximum Gasteiger partial charge on any atom is 0.176 e. The molecule has 2 nitrogen and oxygen atoms in total. The highest BCUT2D eigenvalue weighted by atomic mass is 127. The van der Waals surface area contributed by atoms with E-state index in [2.05, 4.69) is 22.6 Å². The monoisotopic (exact) mass is 350 g/mol. The van der Waals surface area contributed by atoms with Gasteiger partial charge in [-0.1, -0.05) is 18.2 Å². The number of Topliss-reactive ketones (excluding diaryl/α,β-unsaturated/α-hetero) is 1. The van der Waals surface area contributed by atoms with Gasteiger partial charge in [0.05, 0.1) is 5.75 Å². The second-order valence-electron chi connectivity index (χ2n) is 4.51. The van der Waals surface area contributed by atoms with Crippen molar-refractivity contribution in [2.24, 2.45) is 0 Å². The van der Waals surface area contributed by atoms with Crippen molar-refractivity contribution in [2.45, 2.75) is 25.5 Å². The summed E-state index contributed by atoms with van der Waals surface area (Å²) in [6.45, 7) is 5.64. The van der Waals surface area contributed by atoms with Gasteiger partial charge in [0.1, 0.15) is 0 Å². The first kappa shape index (κ1) is 13.8. The van der Waals surface area contributed by atoms with E-state index in [1.54, 1.807) is 6.07 Å². The summed E-state index contributed by atoms with van der Waals surface area (Å²) < 4.78 is 12.4. The van der Waals surface area contributed by atoms with E-state index in [1.807, 2.05) is 39.0 Å². The van der Waals surface area contributed by atoms with E-state index in [9.17, 15) is 9.00 Å². The Morgan fingerprint density at radius 2 is 1.88 bits per heavy atom. The molecule has 0 fully saturated rings. The Balaban J connectivity index is 2.82. The molecule has 1 aromatic rings. The number of hydrogen-bond donors (Lipinski definition) is 0. The van der Waals surface area contributed by atoms with Crippen LogP contribution in [0, 0.1) is 3.57 Å². The van der Waals surface area contributed by atoms with Crippen molar-refractivity contribution in [2.75, 3.05) is 5.75 Å². The largest absolute Gasteiger partial charge is 0.293 e. The zero-order valence-corrected chi connectivity index (χ0v) is 12.6. The molecule has 0 saturated carbocycles. The van der Waals surface area contributed by atoms with Gasteiger partial charge in [-0.3, -0.25) is 9.00 Å². The Morgan fingerprint density at radius 3 is 2.38 bits per heavy atom. The Labute approximate surface area is 112 Å². The van der Waals surface area contributed by atoms with Gasteiger partial charge >= 0.3 is 0 Å². The Kier molecular flexibility index (Phi) is 4.67. The quantitative estimate of drug-likeness (QED) is 0.620. The molecule has 0 saturated heterocycles. The van der Waals surface area contributed by atoms with Crippen molar-refractivity contribution in [3.05, 3.63) is 33.4 Å². The van der Waals surface area contributed by atoms with Crippen LogP contribution in [0.25, 0.3) is 0 Å². The Bertz CT molecular complexity index is 421. The average Bonchev–Trinajstić information content (AvgIpc) is 2.16. The van der Waals surface area contributed by atoms with Crippen molar-refractivity contribution in [1.29, 1.82) is 0 Å². The lowest BCUT2D eigenvalue weighted by Gasteiger charge is -2.17. The molecule has 1 rings (SSSR count). The predicted octanol–water partition coefficient (Wildman–Crippen LogP) is 3.02. The Hall–Kier alpha value is -0.230. The van der Waals surface area contributed by atoms with Crippen LogP contribution in [-0.2, 0) is 10.8 Å². The first-order valence-corrected chi connectivity index (χ1v) is 7.38. The summed E-state index contributed by atoms with van der Waals surface area (Å²) in [5.74, 6) is 0.0574. The second-order valence-corrected chi connectivity index (χ2v) is 7.87. The summed E-state index contributed by atoms with van der Waals surface area (Å²) in [4.78, 5) is 11.9. The molecule has 0 aliphatic rings. The van der Waals surface area contributed by atoms with Crippen LogP contribution in [0.5, 0.6) is 0 Å². The Morgan fingerprint density at radius 1 is 1.31 bits per heavy atom. The third kappa shape index (κ3) is 3.66. The van der Waals surface area contributed by atoms with Gasteiger partial charge in [0.2, 0.25) is 0 Å². The molecule has 1 atom stereocenters. The van der Waals surface area contributed by atoms with Crippen molar-refractivity contribution >= 4 is 39.2 Å². The number of carbonyl (C=O) groups is 1. The molecular weight excluding hydrogens is 335 g/mol. The molecule has 4 heteroatoms. The van der Waals surface area contributed by atoms with Gasteiger partial charge in [-0.15, -0.1) is 0 Å². The van der Waals surface area contributed by atoms with Crippen LogP contribution in [0.15, 0.2) is 24.3 Å². The van der Waals surface area contributed by atoms with E-state index in [1.165, 1.54) is 0 Å². The maximum absolute atomic E-state index is 11.9. The summed E-state index contributed by atoms with van der Waals surface area (Å²) in [5.41, 5.74) is 0.667. The van der Waals surface area contributed by atoms with Gasteiger partial charge in [0.25, 0.3) is 0 Å². The zero-order chi connectivity index (χ0) is 12.3. The number of hydrogen-bond acceptors (Lipinski definition) is 2. The molecule has 0 radical (unpaired) electrons. The van der Waals surface area contributed by atoms with Gasteiger partial charge in [0, 0.05) is 24.7 Å². The molecule has 0 amide bonds. The number of halogens is 1. The summed E-state index contributed by atoms with van der Waals surface area (Å²) in [6, 6.07) is 7.38. The van der Waals surface area contributed by atoms with Crippen molar-refractivity contribution in [3.63, 3.8) is 0 Å². The van der Waals surface area contributed by atoms with Crippen LogP contribution >= 0.6 is 22.6 Å². The molecule has 1 aromatic carbocycles. The molecule has 1 unspecified atom stereocenters. The summed E-state index contributed by atoms with van der Waals surface area (Å²) in [7, 11) is -1.13. The molecule has 0 aromatic heterocycles. The molecule has 0 aliphatic carbocycles. The second kappa shape index (κ2) is 5.40. The summed E-state index contributed by atoms with van der Waals surface area (Å²) in [6.07, 6.45) is 0. The number of benzene rings is 1. The summed E-state index contributed by atoms with van der Waals surface area (Å²) >= 11 is 2.12. The molecule has 16 heavy (non-hydrogen) atoms. The highest BCUT2D eigenvalue weighted by molar-refractivity contribution is 14.1. The smallest absolute Gasteiger partial charge is 0.176 e. The van der Waals surface area contributed by atoms with Gasteiger partial charge in [0.15, 0.2) is 5.78 Å². The van der Waals surface area contributed by atoms with E-state index in [0.29, 0.717) is 5.56 Å². The minimum absolute atomic E-state index is 0.0433. The highest BCUT2D eigenvalue weighted by Gasteiger charge is 2.23. The third-order valence-electron chi connectivity index (χ3n) is 2.12. The lowest BCUT2D eigenvalue weighted by Crippen LogP contribution is -2.27. The molecule has 0 N–H and O–H groups in total. The van der Waals surface area contributed by atoms with Crippen LogP contribution in [0.1, 0.15) is 31.1 Å². The molecular formula is C12H15IO2S. The van der Waals surface area contributed by atoms with Crippen molar-refractivity contribution in [1.82, 2.24) is 0 Å². The van der Waals surface area contributed by atoms with E-state index in [4.69, 9.17) is 0 Å². The predicted molar refractivity (Wildman–Crippen MR) is 76.3 cm³/mol. The van der Waals surface area contributed by atoms with Crippen LogP contribution in [-0.4, -0.2) is 20.5 Å². The molecule has 0 spiro atoms. The van der Waals surface area contributed by atoms with Crippen molar-refractivity contribution < 1.29 is 9.00 Å². The maximum atomic E-state index is 11.9. The molecule has 0 bridgehead atoms.